The van der Waals surface area contributed by atoms with Crippen molar-refractivity contribution in [3.05, 3.63) is 86.3 Å². The maximum Gasteiger partial charge on any atom is 0.310 e. The van der Waals surface area contributed by atoms with Gasteiger partial charge in [-0.2, -0.15) is 5.10 Å². The third-order valence-corrected chi connectivity index (χ3v) is 5.51. The largest absolute Gasteiger partial charge is 0.493 e. The lowest BCUT2D eigenvalue weighted by molar-refractivity contribution is -0.384. The zero-order valence-electron chi connectivity index (χ0n) is 17.1. The van der Waals surface area contributed by atoms with E-state index < -0.39 is 16.9 Å². The first-order valence-corrected chi connectivity index (χ1v) is 10.3. The number of nitro groups is 1. The fourth-order valence-corrected chi connectivity index (χ4v) is 3.84. The predicted molar refractivity (Wildman–Crippen MR) is 119 cm³/mol. The van der Waals surface area contributed by atoms with E-state index >= 15 is 0 Å². The van der Waals surface area contributed by atoms with E-state index in [2.05, 4.69) is 21.0 Å². The van der Waals surface area contributed by atoms with Crippen LogP contribution in [0.15, 0.2) is 68.8 Å². The van der Waals surface area contributed by atoms with Gasteiger partial charge in [-0.15, -0.1) is 0 Å². The van der Waals surface area contributed by atoms with Gasteiger partial charge in [-0.25, -0.2) is 5.01 Å². The van der Waals surface area contributed by atoms with Crippen molar-refractivity contribution < 1.29 is 23.6 Å². The van der Waals surface area contributed by atoms with Gasteiger partial charge in [0.2, 0.25) is 0 Å². The lowest BCUT2D eigenvalue weighted by Gasteiger charge is -2.21. The first-order valence-electron chi connectivity index (χ1n) is 9.54. The van der Waals surface area contributed by atoms with E-state index in [-0.39, 0.29) is 11.4 Å². The lowest BCUT2D eigenvalue weighted by atomic mass is 9.97. The zero-order chi connectivity index (χ0) is 22.8. The van der Waals surface area contributed by atoms with E-state index in [4.69, 9.17) is 13.9 Å². The number of amides is 1. The Morgan fingerprint density at radius 3 is 2.59 bits per heavy atom. The summed E-state index contributed by atoms with van der Waals surface area (Å²) in [6.07, 6.45) is 0.351. The normalized spacial score (nSPS) is 15.4. The molecule has 0 unspecified atom stereocenters. The molecule has 1 aromatic heterocycles. The maximum atomic E-state index is 13.2. The number of rotatable bonds is 6. The van der Waals surface area contributed by atoms with Crippen LogP contribution in [0.3, 0.4) is 0 Å². The Morgan fingerprint density at radius 2 is 1.94 bits per heavy atom. The molecule has 1 amide bonds. The molecule has 10 heteroatoms. The molecular formula is C22H18BrN3O6. The third kappa shape index (κ3) is 4.09. The quantitative estimate of drug-likeness (QED) is 0.350. The number of halogens is 1. The summed E-state index contributed by atoms with van der Waals surface area (Å²) < 4.78 is 16.5. The van der Waals surface area contributed by atoms with E-state index in [1.807, 2.05) is 6.07 Å². The molecule has 32 heavy (non-hydrogen) atoms. The van der Waals surface area contributed by atoms with Crippen LogP contribution in [0.1, 0.15) is 34.1 Å². The van der Waals surface area contributed by atoms with Gasteiger partial charge in [0.15, 0.2) is 21.9 Å². The van der Waals surface area contributed by atoms with Gasteiger partial charge in [-0.3, -0.25) is 14.9 Å². The monoisotopic (exact) mass is 499 g/mol. The number of non-ortho nitro benzene ring substituents is 1. The number of carbonyl (C=O) groups is 1. The third-order valence-electron chi connectivity index (χ3n) is 5.08. The van der Waals surface area contributed by atoms with Crippen molar-refractivity contribution in [2.75, 3.05) is 14.2 Å². The number of hydrogen-bond acceptors (Lipinski definition) is 7. The van der Waals surface area contributed by atoms with Gasteiger partial charge < -0.3 is 13.9 Å². The number of nitrogens with zero attached hydrogens (tertiary/aromatic N) is 3. The van der Waals surface area contributed by atoms with Gasteiger partial charge >= 0.3 is 5.91 Å². The van der Waals surface area contributed by atoms with E-state index in [0.717, 1.165) is 5.56 Å². The highest BCUT2D eigenvalue weighted by Gasteiger charge is 2.35. The smallest absolute Gasteiger partial charge is 0.310 e. The number of furan rings is 1. The van der Waals surface area contributed by atoms with Crippen LogP contribution >= 0.6 is 15.9 Å². The standard InChI is InChI=1S/C22H18BrN3O6/c1-30-18-7-6-13(11-20(18)31-2)16-12-17(14-4-3-5-15(10-14)26(28)29)25(24-16)22(27)19-8-9-21(23)32-19/h3-11,17H,12H2,1-2H3/t17-/m0/s1. The Kier molecular flexibility index (Phi) is 5.95. The Hall–Kier alpha value is -3.66. The summed E-state index contributed by atoms with van der Waals surface area (Å²) in [4.78, 5) is 24.0. The van der Waals surface area contributed by atoms with E-state index in [1.54, 1.807) is 43.5 Å². The van der Waals surface area contributed by atoms with Crippen molar-refractivity contribution in [3.8, 4) is 11.5 Å². The second-order valence-electron chi connectivity index (χ2n) is 6.94. The lowest BCUT2D eigenvalue weighted by Crippen LogP contribution is -2.26. The summed E-state index contributed by atoms with van der Waals surface area (Å²) in [5.41, 5.74) is 1.91. The van der Waals surface area contributed by atoms with Crippen molar-refractivity contribution in [2.24, 2.45) is 5.10 Å². The fraction of sp³-hybridized carbons (Fsp3) is 0.182. The van der Waals surface area contributed by atoms with Crippen molar-refractivity contribution in [1.29, 1.82) is 0 Å². The van der Waals surface area contributed by atoms with Gasteiger partial charge in [0.25, 0.3) is 5.69 Å². The number of nitro benzene ring substituents is 1. The van der Waals surface area contributed by atoms with Crippen LogP contribution in [0.25, 0.3) is 0 Å². The van der Waals surface area contributed by atoms with Crippen LogP contribution in [-0.4, -0.2) is 35.8 Å². The molecule has 0 N–H and O–H groups in total. The van der Waals surface area contributed by atoms with Gasteiger partial charge in [-0.1, -0.05) is 12.1 Å². The SMILES string of the molecule is COc1ccc(C2=NN(C(=O)c3ccc(Br)o3)[C@H](c3cccc([N+](=O)[O-])c3)C2)cc1OC. The minimum atomic E-state index is -0.547. The first kappa shape index (κ1) is 21.6. The van der Waals surface area contributed by atoms with Crippen LogP contribution in [-0.2, 0) is 0 Å². The van der Waals surface area contributed by atoms with E-state index in [1.165, 1.54) is 24.3 Å². The fourth-order valence-electron chi connectivity index (χ4n) is 3.54. The molecule has 3 aromatic rings. The molecule has 0 bridgehead atoms. The van der Waals surface area contributed by atoms with E-state index in [0.29, 0.717) is 33.9 Å². The van der Waals surface area contributed by atoms with E-state index in [9.17, 15) is 14.9 Å². The zero-order valence-corrected chi connectivity index (χ0v) is 18.7. The average Bonchev–Trinajstić information content (AvgIpc) is 3.45. The molecule has 0 saturated carbocycles. The van der Waals surface area contributed by atoms with Gasteiger partial charge in [0.05, 0.1) is 30.9 Å². The maximum absolute atomic E-state index is 13.2. The molecule has 4 rings (SSSR count). The molecule has 0 spiro atoms. The minimum absolute atomic E-state index is 0.0600. The van der Waals surface area contributed by atoms with Crippen LogP contribution in [0.2, 0.25) is 0 Å². The van der Waals surface area contributed by atoms with Gasteiger partial charge in [0.1, 0.15) is 0 Å². The number of hydrazone groups is 1. The molecule has 1 aliphatic rings. The summed E-state index contributed by atoms with van der Waals surface area (Å²) in [6, 6.07) is 14.2. The second-order valence-corrected chi connectivity index (χ2v) is 7.72. The van der Waals surface area contributed by atoms with Crippen LogP contribution in [0.5, 0.6) is 11.5 Å². The minimum Gasteiger partial charge on any atom is -0.493 e. The summed E-state index contributed by atoms with van der Waals surface area (Å²) in [5.74, 6) is 0.741. The Balaban J connectivity index is 1.76. The first-order chi connectivity index (χ1) is 15.4. The Morgan fingerprint density at radius 1 is 1.16 bits per heavy atom. The molecule has 0 radical (unpaired) electrons. The molecule has 1 aliphatic heterocycles. The highest BCUT2D eigenvalue weighted by Crippen LogP contribution is 2.37. The van der Waals surface area contributed by atoms with Crippen molar-refractivity contribution >= 4 is 33.2 Å². The van der Waals surface area contributed by atoms with Gasteiger partial charge in [0, 0.05) is 24.1 Å². The number of carbonyl (C=O) groups excluding carboxylic acids is 1. The Labute approximate surface area is 191 Å². The number of methoxy groups -OCH3 is 2. The molecule has 0 aliphatic carbocycles. The van der Waals surface area contributed by atoms with Crippen LogP contribution in [0.4, 0.5) is 5.69 Å². The number of ether oxygens (including phenoxy) is 2. The summed E-state index contributed by atoms with van der Waals surface area (Å²) in [6.45, 7) is 0. The van der Waals surface area contributed by atoms with Crippen molar-refractivity contribution in [1.82, 2.24) is 5.01 Å². The molecule has 1 atom stereocenters. The van der Waals surface area contributed by atoms with Crippen molar-refractivity contribution in [2.45, 2.75) is 12.5 Å². The molecule has 164 valence electrons. The number of hydrogen-bond donors (Lipinski definition) is 0. The molecule has 9 nitrogen and oxygen atoms in total. The predicted octanol–water partition coefficient (Wildman–Crippen LogP) is 4.96. The second kappa shape index (κ2) is 8.83. The molecule has 2 heterocycles. The summed E-state index contributed by atoms with van der Waals surface area (Å²) in [5, 5.41) is 17.1. The number of benzene rings is 2. The summed E-state index contributed by atoms with van der Waals surface area (Å²) >= 11 is 3.20. The molecular weight excluding hydrogens is 482 g/mol. The molecule has 0 fully saturated rings. The topological polar surface area (TPSA) is 107 Å². The highest BCUT2D eigenvalue weighted by atomic mass is 79.9. The Bertz CT molecular complexity index is 1220. The van der Waals surface area contributed by atoms with Crippen molar-refractivity contribution in [3.63, 3.8) is 0 Å². The summed E-state index contributed by atoms with van der Waals surface area (Å²) in [7, 11) is 3.08. The van der Waals surface area contributed by atoms with Gasteiger partial charge in [-0.05, 0) is 51.8 Å². The van der Waals surface area contributed by atoms with Crippen LogP contribution in [0, 0.1) is 10.1 Å². The molecule has 0 saturated heterocycles. The average molecular weight is 500 g/mol. The molecule has 2 aromatic carbocycles. The van der Waals surface area contributed by atoms with Crippen LogP contribution < -0.4 is 9.47 Å². The highest BCUT2D eigenvalue weighted by molar-refractivity contribution is 9.10.